The van der Waals surface area contributed by atoms with Crippen molar-refractivity contribution in [2.24, 2.45) is 0 Å². The fraction of sp³-hybridized carbons (Fsp3) is 0.533. The van der Waals surface area contributed by atoms with Crippen LogP contribution in [0.15, 0.2) is 18.2 Å². The summed E-state index contributed by atoms with van der Waals surface area (Å²) in [5, 5.41) is 0. The van der Waals surface area contributed by atoms with Crippen molar-refractivity contribution in [1.29, 1.82) is 0 Å². The smallest absolute Gasteiger partial charge is 0.132 e. The summed E-state index contributed by atoms with van der Waals surface area (Å²) in [6.45, 7) is 5.41. The van der Waals surface area contributed by atoms with Crippen molar-refractivity contribution >= 4 is 5.78 Å². The largest absolute Gasteiger partial charge is 0.300 e. The minimum atomic E-state index is -0.511. The lowest BCUT2D eigenvalue weighted by molar-refractivity contribution is -0.118. The zero-order valence-electron chi connectivity index (χ0n) is 11.6. The third-order valence-corrected chi connectivity index (χ3v) is 3.21. The molecule has 1 aromatic rings. The normalized spacial score (nSPS) is 11.0. The van der Waals surface area contributed by atoms with Crippen LogP contribution in [0.1, 0.15) is 38.7 Å². The minimum absolute atomic E-state index is 0.103. The number of carbonyl (C=O) groups is 1. The summed E-state index contributed by atoms with van der Waals surface area (Å²) in [7, 11) is 0. The van der Waals surface area contributed by atoms with E-state index in [1.807, 2.05) is 18.7 Å². The van der Waals surface area contributed by atoms with Gasteiger partial charge < -0.3 is 0 Å². The maximum Gasteiger partial charge on any atom is 0.132 e. The molecular formula is C15H21F2NO. The average molecular weight is 269 g/mol. The Morgan fingerprint density at radius 1 is 1.21 bits per heavy atom. The second-order valence-corrected chi connectivity index (χ2v) is 4.56. The molecule has 106 valence electrons. The standard InChI is InChI=1S/C15H21F2NO/c1-3-12(19)7-6-10-18(4-2)11-13-14(16)8-5-9-15(13)17/h5,8-9H,3-4,6-7,10-11H2,1-2H3. The van der Waals surface area contributed by atoms with Crippen LogP contribution in [-0.2, 0) is 11.3 Å². The zero-order chi connectivity index (χ0) is 14.3. The highest BCUT2D eigenvalue weighted by Crippen LogP contribution is 2.15. The second-order valence-electron chi connectivity index (χ2n) is 4.56. The number of hydrogen-bond donors (Lipinski definition) is 0. The van der Waals surface area contributed by atoms with Crippen LogP contribution in [0.5, 0.6) is 0 Å². The summed E-state index contributed by atoms with van der Waals surface area (Å²) in [5.74, 6) is -0.792. The van der Waals surface area contributed by atoms with E-state index >= 15 is 0 Å². The molecule has 0 aliphatic carbocycles. The first-order chi connectivity index (χ1) is 9.08. The first kappa shape index (κ1) is 15.8. The SMILES string of the molecule is CCC(=O)CCCN(CC)Cc1c(F)cccc1F. The van der Waals surface area contributed by atoms with Crippen molar-refractivity contribution in [2.75, 3.05) is 13.1 Å². The number of ketones is 1. The quantitative estimate of drug-likeness (QED) is 0.719. The molecule has 0 unspecified atom stereocenters. The van der Waals surface area contributed by atoms with Gasteiger partial charge in [-0.25, -0.2) is 8.78 Å². The van der Waals surface area contributed by atoms with Crippen molar-refractivity contribution in [2.45, 2.75) is 39.7 Å². The van der Waals surface area contributed by atoms with Crippen molar-refractivity contribution < 1.29 is 13.6 Å². The van der Waals surface area contributed by atoms with E-state index in [0.717, 1.165) is 6.42 Å². The minimum Gasteiger partial charge on any atom is -0.300 e. The first-order valence-electron chi connectivity index (χ1n) is 6.75. The Kier molecular flexibility index (Phi) is 6.64. The number of rotatable bonds is 8. The molecule has 0 spiro atoms. The molecule has 0 heterocycles. The molecule has 0 amide bonds. The van der Waals surface area contributed by atoms with Crippen LogP contribution in [0, 0.1) is 11.6 Å². The van der Waals surface area contributed by atoms with E-state index in [4.69, 9.17) is 0 Å². The molecule has 0 aliphatic rings. The Morgan fingerprint density at radius 3 is 2.37 bits per heavy atom. The van der Waals surface area contributed by atoms with Gasteiger partial charge in [0, 0.05) is 24.9 Å². The fourth-order valence-electron chi connectivity index (χ4n) is 1.93. The molecule has 0 aromatic heterocycles. The second kappa shape index (κ2) is 8.00. The molecule has 0 aliphatic heterocycles. The van der Waals surface area contributed by atoms with Crippen LogP contribution in [-0.4, -0.2) is 23.8 Å². The predicted molar refractivity (Wildman–Crippen MR) is 71.8 cm³/mol. The summed E-state index contributed by atoms with van der Waals surface area (Å²) in [4.78, 5) is 13.2. The highest BCUT2D eigenvalue weighted by Gasteiger charge is 2.12. The van der Waals surface area contributed by atoms with E-state index in [-0.39, 0.29) is 17.9 Å². The van der Waals surface area contributed by atoms with E-state index in [1.54, 1.807) is 0 Å². The Balaban J connectivity index is 2.54. The molecule has 0 fully saturated rings. The van der Waals surface area contributed by atoms with Crippen molar-refractivity contribution in [3.8, 4) is 0 Å². The van der Waals surface area contributed by atoms with Gasteiger partial charge in [-0.15, -0.1) is 0 Å². The van der Waals surface area contributed by atoms with Gasteiger partial charge in [-0.2, -0.15) is 0 Å². The molecule has 0 radical (unpaired) electrons. The number of hydrogen-bond acceptors (Lipinski definition) is 2. The lowest BCUT2D eigenvalue weighted by Gasteiger charge is -2.20. The third-order valence-electron chi connectivity index (χ3n) is 3.21. The first-order valence-corrected chi connectivity index (χ1v) is 6.75. The molecule has 0 saturated carbocycles. The molecule has 4 heteroatoms. The molecule has 0 N–H and O–H groups in total. The average Bonchev–Trinajstić information content (AvgIpc) is 2.40. The zero-order valence-corrected chi connectivity index (χ0v) is 11.6. The molecule has 0 bridgehead atoms. The number of benzene rings is 1. The number of Topliss-reactive ketones (excluding diaryl/α,β-unsaturated/α-hetero) is 1. The van der Waals surface area contributed by atoms with Crippen molar-refractivity contribution in [3.05, 3.63) is 35.4 Å². The fourth-order valence-corrected chi connectivity index (χ4v) is 1.93. The van der Waals surface area contributed by atoms with Crippen LogP contribution in [0.4, 0.5) is 8.78 Å². The lowest BCUT2D eigenvalue weighted by atomic mass is 10.1. The van der Waals surface area contributed by atoms with Gasteiger partial charge in [-0.1, -0.05) is 19.9 Å². The summed E-state index contributed by atoms with van der Waals surface area (Å²) in [5.41, 5.74) is 0.103. The predicted octanol–water partition coefficient (Wildman–Crippen LogP) is 3.55. The summed E-state index contributed by atoms with van der Waals surface area (Å²) < 4.78 is 27.1. The number of carbonyl (C=O) groups excluding carboxylic acids is 1. The molecule has 2 nitrogen and oxygen atoms in total. The van der Waals surface area contributed by atoms with Gasteiger partial charge in [0.05, 0.1) is 0 Å². The van der Waals surface area contributed by atoms with Gasteiger partial charge >= 0.3 is 0 Å². The van der Waals surface area contributed by atoms with Crippen LogP contribution in [0.3, 0.4) is 0 Å². The number of nitrogens with zero attached hydrogens (tertiary/aromatic N) is 1. The van der Waals surface area contributed by atoms with E-state index in [9.17, 15) is 13.6 Å². The van der Waals surface area contributed by atoms with E-state index in [1.165, 1.54) is 18.2 Å². The van der Waals surface area contributed by atoms with Gasteiger partial charge in [-0.05, 0) is 31.6 Å². The summed E-state index contributed by atoms with van der Waals surface area (Å²) >= 11 is 0. The Hall–Kier alpha value is -1.29. The summed E-state index contributed by atoms with van der Waals surface area (Å²) in [6.07, 6.45) is 1.82. The molecule has 1 rings (SSSR count). The van der Waals surface area contributed by atoms with Crippen molar-refractivity contribution in [1.82, 2.24) is 4.90 Å². The van der Waals surface area contributed by atoms with Gasteiger partial charge in [0.1, 0.15) is 17.4 Å². The molecule has 19 heavy (non-hydrogen) atoms. The van der Waals surface area contributed by atoms with Crippen LogP contribution >= 0.6 is 0 Å². The van der Waals surface area contributed by atoms with E-state index in [2.05, 4.69) is 0 Å². The lowest BCUT2D eigenvalue weighted by Crippen LogP contribution is -2.25. The van der Waals surface area contributed by atoms with Gasteiger partial charge in [0.15, 0.2) is 0 Å². The molecule has 1 aromatic carbocycles. The Labute approximate surface area is 113 Å². The van der Waals surface area contributed by atoms with Crippen LogP contribution < -0.4 is 0 Å². The highest BCUT2D eigenvalue weighted by atomic mass is 19.1. The van der Waals surface area contributed by atoms with Gasteiger partial charge in [0.2, 0.25) is 0 Å². The summed E-state index contributed by atoms with van der Waals surface area (Å²) in [6, 6.07) is 3.91. The van der Waals surface area contributed by atoms with E-state index < -0.39 is 11.6 Å². The topological polar surface area (TPSA) is 20.3 Å². The molecule has 0 saturated heterocycles. The van der Waals surface area contributed by atoms with Crippen LogP contribution in [0.2, 0.25) is 0 Å². The monoisotopic (exact) mass is 269 g/mol. The maximum absolute atomic E-state index is 13.5. The maximum atomic E-state index is 13.5. The number of halogens is 2. The molecular weight excluding hydrogens is 248 g/mol. The molecule has 0 atom stereocenters. The van der Waals surface area contributed by atoms with E-state index in [0.29, 0.717) is 25.9 Å². The highest BCUT2D eigenvalue weighted by molar-refractivity contribution is 5.77. The van der Waals surface area contributed by atoms with Crippen LogP contribution in [0.25, 0.3) is 0 Å². The third kappa shape index (κ3) is 5.07. The Bertz CT molecular complexity index is 400. The Morgan fingerprint density at radius 2 is 1.84 bits per heavy atom. The van der Waals surface area contributed by atoms with Gasteiger partial charge in [0.25, 0.3) is 0 Å². The van der Waals surface area contributed by atoms with Gasteiger partial charge in [-0.3, -0.25) is 9.69 Å². The van der Waals surface area contributed by atoms with Crippen molar-refractivity contribution in [3.63, 3.8) is 0 Å².